The van der Waals surface area contributed by atoms with Crippen LogP contribution in [0.25, 0.3) is 0 Å². The standard InChI is InChI=1S/C14H24FN/c1-12(2,3)14-7-11(15)8-16(14)10-13(9-14)5-4-6-13/h11H,4-10H2,1-3H3. The molecule has 0 amide bonds. The fraction of sp³-hybridized carbons (Fsp3) is 1.00. The van der Waals surface area contributed by atoms with Crippen molar-refractivity contribution in [2.45, 2.75) is 64.6 Å². The lowest BCUT2D eigenvalue weighted by molar-refractivity contribution is 0.0596. The zero-order valence-corrected chi connectivity index (χ0v) is 10.9. The summed E-state index contributed by atoms with van der Waals surface area (Å²) in [4.78, 5) is 2.50. The van der Waals surface area contributed by atoms with Gasteiger partial charge in [0.15, 0.2) is 0 Å². The molecule has 16 heavy (non-hydrogen) atoms. The largest absolute Gasteiger partial charge is 0.294 e. The lowest BCUT2D eigenvalue weighted by Gasteiger charge is -2.45. The van der Waals surface area contributed by atoms with Crippen LogP contribution in [0.15, 0.2) is 0 Å². The van der Waals surface area contributed by atoms with Crippen LogP contribution < -0.4 is 0 Å². The van der Waals surface area contributed by atoms with E-state index in [1.165, 1.54) is 32.2 Å². The molecule has 1 saturated carbocycles. The fourth-order valence-corrected chi connectivity index (χ4v) is 4.51. The minimum atomic E-state index is -0.586. The minimum absolute atomic E-state index is 0.160. The topological polar surface area (TPSA) is 3.24 Å². The summed E-state index contributed by atoms with van der Waals surface area (Å²) in [5.41, 5.74) is 0.952. The maximum absolute atomic E-state index is 13.8. The minimum Gasteiger partial charge on any atom is -0.294 e. The van der Waals surface area contributed by atoms with Crippen molar-refractivity contribution in [3.63, 3.8) is 0 Å². The van der Waals surface area contributed by atoms with Crippen LogP contribution in [0.1, 0.15) is 52.9 Å². The van der Waals surface area contributed by atoms with Crippen molar-refractivity contribution >= 4 is 0 Å². The molecule has 2 atom stereocenters. The molecule has 0 aromatic heterocycles. The number of fused-ring (bicyclic) bond motifs is 1. The lowest BCUT2D eigenvalue weighted by atomic mass is 9.61. The summed E-state index contributed by atoms with van der Waals surface area (Å²) in [6, 6.07) is 0. The van der Waals surface area contributed by atoms with Crippen LogP contribution in [0.5, 0.6) is 0 Å². The van der Waals surface area contributed by atoms with Gasteiger partial charge in [0.1, 0.15) is 6.17 Å². The van der Waals surface area contributed by atoms with Gasteiger partial charge in [0, 0.05) is 18.6 Å². The average molecular weight is 225 g/mol. The van der Waals surface area contributed by atoms with Crippen LogP contribution >= 0.6 is 0 Å². The number of halogens is 1. The first-order valence-corrected chi connectivity index (χ1v) is 6.76. The molecule has 3 fully saturated rings. The van der Waals surface area contributed by atoms with Crippen LogP contribution in [0.2, 0.25) is 0 Å². The highest BCUT2D eigenvalue weighted by Crippen LogP contribution is 2.61. The van der Waals surface area contributed by atoms with Gasteiger partial charge in [0.05, 0.1) is 0 Å². The zero-order valence-electron chi connectivity index (χ0n) is 10.9. The molecule has 0 bridgehead atoms. The Bertz CT molecular complexity index is 302. The summed E-state index contributed by atoms with van der Waals surface area (Å²) < 4.78 is 13.8. The highest BCUT2D eigenvalue weighted by molar-refractivity contribution is 5.16. The molecule has 1 nitrogen and oxygen atoms in total. The maximum atomic E-state index is 13.8. The number of alkyl halides is 1. The van der Waals surface area contributed by atoms with E-state index < -0.39 is 6.17 Å². The Morgan fingerprint density at radius 3 is 2.38 bits per heavy atom. The fourth-order valence-electron chi connectivity index (χ4n) is 4.51. The smallest absolute Gasteiger partial charge is 0.115 e. The first kappa shape index (κ1) is 11.0. The van der Waals surface area contributed by atoms with Crippen LogP contribution in [0, 0.1) is 10.8 Å². The van der Waals surface area contributed by atoms with E-state index in [0.717, 1.165) is 6.42 Å². The third-order valence-electron chi connectivity index (χ3n) is 5.59. The van der Waals surface area contributed by atoms with E-state index in [-0.39, 0.29) is 11.0 Å². The van der Waals surface area contributed by atoms with Gasteiger partial charge in [0.2, 0.25) is 0 Å². The number of nitrogens with zero attached hydrogens (tertiary/aromatic N) is 1. The third-order valence-corrected chi connectivity index (χ3v) is 5.59. The molecule has 2 heterocycles. The molecule has 0 aromatic carbocycles. The molecule has 0 aromatic rings. The molecule has 0 N–H and O–H groups in total. The van der Waals surface area contributed by atoms with E-state index in [2.05, 4.69) is 25.7 Å². The summed E-state index contributed by atoms with van der Waals surface area (Å²) in [7, 11) is 0. The SMILES string of the molecule is CC(C)(C)C12CC(F)CN1CC1(CCC1)C2. The molecular formula is C14H24FN. The predicted molar refractivity (Wildman–Crippen MR) is 64.2 cm³/mol. The van der Waals surface area contributed by atoms with Crippen molar-refractivity contribution < 1.29 is 4.39 Å². The van der Waals surface area contributed by atoms with Crippen molar-refractivity contribution in [2.75, 3.05) is 13.1 Å². The quantitative estimate of drug-likeness (QED) is 0.611. The van der Waals surface area contributed by atoms with Crippen molar-refractivity contribution in [3.8, 4) is 0 Å². The molecule has 92 valence electrons. The van der Waals surface area contributed by atoms with Gasteiger partial charge in [-0.3, -0.25) is 4.90 Å². The van der Waals surface area contributed by atoms with Crippen molar-refractivity contribution in [3.05, 3.63) is 0 Å². The van der Waals surface area contributed by atoms with Crippen LogP contribution in [0.4, 0.5) is 4.39 Å². The van der Waals surface area contributed by atoms with Gasteiger partial charge in [-0.05, 0) is 36.5 Å². The molecule has 1 spiro atoms. The van der Waals surface area contributed by atoms with Crippen LogP contribution in [-0.2, 0) is 0 Å². The Morgan fingerprint density at radius 2 is 1.94 bits per heavy atom. The first-order valence-electron chi connectivity index (χ1n) is 6.76. The molecule has 3 rings (SSSR count). The van der Waals surface area contributed by atoms with E-state index in [1.807, 2.05) is 0 Å². The summed E-state index contributed by atoms with van der Waals surface area (Å²) >= 11 is 0. The molecule has 2 saturated heterocycles. The Labute approximate surface area is 98.4 Å². The highest BCUT2D eigenvalue weighted by atomic mass is 19.1. The van der Waals surface area contributed by atoms with Crippen LogP contribution in [0.3, 0.4) is 0 Å². The molecular weight excluding hydrogens is 201 g/mol. The first-order chi connectivity index (χ1) is 7.37. The molecule has 0 radical (unpaired) electrons. The van der Waals surface area contributed by atoms with Crippen molar-refractivity contribution in [2.24, 2.45) is 10.8 Å². The summed E-state index contributed by atoms with van der Waals surface area (Å²) in [6.07, 6.45) is 5.61. The van der Waals surface area contributed by atoms with E-state index >= 15 is 0 Å². The van der Waals surface area contributed by atoms with Gasteiger partial charge in [-0.25, -0.2) is 4.39 Å². The summed E-state index contributed by atoms with van der Waals surface area (Å²) in [5, 5.41) is 0. The number of rotatable bonds is 0. The summed E-state index contributed by atoms with van der Waals surface area (Å²) in [6.45, 7) is 8.77. The highest BCUT2D eigenvalue weighted by Gasteiger charge is 2.63. The van der Waals surface area contributed by atoms with Gasteiger partial charge < -0.3 is 0 Å². The maximum Gasteiger partial charge on any atom is 0.115 e. The van der Waals surface area contributed by atoms with Gasteiger partial charge in [-0.1, -0.05) is 27.2 Å². The molecule has 1 aliphatic carbocycles. The van der Waals surface area contributed by atoms with E-state index in [1.54, 1.807) is 0 Å². The summed E-state index contributed by atoms with van der Waals surface area (Å²) in [5.74, 6) is 0. The normalized spacial score (nSPS) is 42.4. The third kappa shape index (κ3) is 1.25. The van der Waals surface area contributed by atoms with Gasteiger partial charge in [0.25, 0.3) is 0 Å². The van der Waals surface area contributed by atoms with Gasteiger partial charge in [-0.2, -0.15) is 0 Å². The number of hydrogen-bond acceptors (Lipinski definition) is 1. The van der Waals surface area contributed by atoms with Crippen LogP contribution in [-0.4, -0.2) is 29.7 Å². The van der Waals surface area contributed by atoms with E-state index in [0.29, 0.717) is 12.0 Å². The second-order valence-corrected chi connectivity index (χ2v) is 7.49. The lowest BCUT2D eigenvalue weighted by Crippen LogP contribution is -2.49. The average Bonchev–Trinajstić information content (AvgIpc) is 2.51. The van der Waals surface area contributed by atoms with Gasteiger partial charge in [-0.15, -0.1) is 0 Å². The Hall–Kier alpha value is -0.110. The monoisotopic (exact) mass is 225 g/mol. The second-order valence-electron chi connectivity index (χ2n) is 7.49. The Balaban J connectivity index is 1.93. The van der Waals surface area contributed by atoms with Crippen molar-refractivity contribution in [1.82, 2.24) is 4.90 Å². The zero-order chi connectivity index (χ0) is 11.6. The number of hydrogen-bond donors (Lipinski definition) is 0. The second kappa shape index (κ2) is 3.01. The predicted octanol–water partition coefficient (Wildman–Crippen LogP) is 3.39. The molecule has 3 aliphatic rings. The van der Waals surface area contributed by atoms with Gasteiger partial charge >= 0.3 is 0 Å². The molecule has 2 heteroatoms. The molecule has 2 aliphatic heterocycles. The Kier molecular flexibility index (Phi) is 2.07. The van der Waals surface area contributed by atoms with E-state index in [4.69, 9.17) is 0 Å². The van der Waals surface area contributed by atoms with E-state index in [9.17, 15) is 4.39 Å². The molecule has 2 unspecified atom stereocenters. The van der Waals surface area contributed by atoms with Crippen molar-refractivity contribution in [1.29, 1.82) is 0 Å². The Morgan fingerprint density at radius 1 is 1.25 bits per heavy atom.